The molecule has 0 fully saturated rings. The molecule has 0 bridgehead atoms. The van der Waals surface area contributed by atoms with E-state index < -0.39 is 11.8 Å². The maximum Gasteiger partial charge on any atom is 0.336 e. The molecule has 0 spiro atoms. The molecule has 0 radical (unpaired) electrons. The largest absolute Gasteiger partial charge is 0.478 e. The Bertz CT molecular complexity index is 1100. The van der Waals surface area contributed by atoms with Gasteiger partial charge in [-0.2, -0.15) is 4.73 Å². The summed E-state index contributed by atoms with van der Waals surface area (Å²) < 4.78 is 15.6. The van der Waals surface area contributed by atoms with Gasteiger partial charge in [-0.25, -0.2) is 9.18 Å². The van der Waals surface area contributed by atoms with E-state index in [9.17, 15) is 14.3 Å². The number of rotatable bonds is 4. The first-order valence-electron chi connectivity index (χ1n) is 8.01. The lowest BCUT2D eigenvalue weighted by Crippen LogP contribution is -2.08. The molecule has 4 rings (SSSR count). The summed E-state index contributed by atoms with van der Waals surface area (Å²) in [6.45, 7) is 0. The van der Waals surface area contributed by atoms with Gasteiger partial charge in [-0.3, -0.25) is 0 Å². The normalized spacial score (nSPS) is 10.8. The second kappa shape index (κ2) is 6.37. The SMILES string of the molecule is O=C(O)c1cccc2c1cc(-c1ccccc1)n2Oc1ccccc1F. The first-order chi connectivity index (χ1) is 12.6. The summed E-state index contributed by atoms with van der Waals surface area (Å²) in [5.41, 5.74) is 2.18. The Kier molecular flexibility index (Phi) is 3.89. The van der Waals surface area contributed by atoms with Crippen LogP contribution in [0.3, 0.4) is 0 Å². The Labute approximate surface area is 148 Å². The minimum atomic E-state index is -1.03. The number of aromatic carboxylic acids is 1. The minimum absolute atomic E-state index is 0.0582. The van der Waals surface area contributed by atoms with E-state index in [1.807, 2.05) is 30.3 Å². The monoisotopic (exact) mass is 347 g/mol. The van der Waals surface area contributed by atoms with E-state index in [1.54, 1.807) is 30.3 Å². The predicted molar refractivity (Wildman–Crippen MR) is 96.8 cm³/mol. The molecule has 0 saturated heterocycles. The summed E-state index contributed by atoms with van der Waals surface area (Å²) in [7, 11) is 0. The summed E-state index contributed by atoms with van der Waals surface area (Å²) in [5, 5.41) is 10.0. The molecule has 0 aliphatic heterocycles. The molecule has 0 saturated carbocycles. The Balaban J connectivity index is 1.98. The fourth-order valence-electron chi connectivity index (χ4n) is 2.92. The lowest BCUT2D eigenvalue weighted by molar-refractivity contribution is 0.0699. The number of hydrogen-bond acceptors (Lipinski definition) is 2. The van der Waals surface area contributed by atoms with Gasteiger partial charge in [-0.15, -0.1) is 0 Å². The predicted octanol–water partition coefficient (Wildman–Crippen LogP) is 4.99. The molecule has 0 unspecified atom stereocenters. The van der Waals surface area contributed by atoms with Crippen molar-refractivity contribution in [3.63, 3.8) is 0 Å². The van der Waals surface area contributed by atoms with Crippen LogP contribution < -0.4 is 4.84 Å². The topological polar surface area (TPSA) is 51.5 Å². The highest BCUT2D eigenvalue weighted by molar-refractivity contribution is 6.04. The number of fused-ring (bicyclic) bond motifs is 1. The van der Waals surface area contributed by atoms with Gasteiger partial charge < -0.3 is 9.94 Å². The highest BCUT2D eigenvalue weighted by Crippen LogP contribution is 2.31. The molecule has 1 aromatic heterocycles. The number of hydrogen-bond donors (Lipinski definition) is 1. The molecule has 26 heavy (non-hydrogen) atoms. The number of halogens is 1. The zero-order valence-electron chi connectivity index (χ0n) is 13.6. The zero-order valence-corrected chi connectivity index (χ0v) is 13.6. The van der Waals surface area contributed by atoms with E-state index in [-0.39, 0.29) is 11.3 Å². The van der Waals surface area contributed by atoms with Crippen molar-refractivity contribution in [2.75, 3.05) is 0 Å². The van der Waals surface area contributed by atoms with Gasteiger partial charge in [-0.1, -0.05) is 48.5 Å². The number of carboxylic acids is 1. The second-order valence-corrected chi connectivity index (χ2v) is 5.76. The summed E-state index contributed by atoms with van der Waals surface area (Å²) in [4.78, 5) is 17.4. The molecule has 4 aromatic rings. The van der Waals surface area contributed by atoms with Crippen molar-refractivity contribution in [2.45, 2.75) is 0 Å². The van der Waals surface area contributed by atoms with Crippen LogP contribution in [-0.4, -0.2) is 15.8 Å². The summed E-state index contributed by atoms with van der Waals surface area (Å²) in [5.74, 6) is -1.47. The molecule has 0 aliphatic rings. The Morgan fingerprint density at radius 2 is 1.65 bits per heavy atom. The van der Waals surface area contributed by atoms with Gasteiger partial charge >= 0.3 is 5.97 Å². The van der Waals surface area contributed by atoms with Crippen LogP contribution in [0.25, 0.3) is 22.2 Å². The van der Waals surface area contributed by atoms with Crippen molar-refractivity contribution in [1.82, 2.24) is 4.73 Å². The molecular formula is C21H14FNO3. The number of carbonyl (C=O) groups is 1. The average Bonchev–Trinajstić information content (AvgIpc) is 3.03. The smallest absolute Gasteiger partial charge is 0.336 e. The number of aromatic nitrogens is 1. The van der Waals surface area contributed by atoms with Gasteiger partial charge in [0.1, 0.15) is 0 Å². The molecule has 128 valence electrons. The van der Waals surface area contributed by atoms with Crippen LogP contribution in [0.4, 0.5) is 4.39 Å². The van der Waals surface area contributed by atoms with Gasteiger partial charge in [0.15, 0.2) is 11.6 Å². The highest BCUT2D eigenvalue weighted by atomic mass is 19.1. The lowest BCUT2D eigenvalue weighted by Gasteiger charge is -2.12. The van der Waals surface area contributed by atoms with Gasteiger partial charge in [0.05, 0.1) is 16.8 Å². The number of nitrogens with zero attached hydrogens (tertiary/aromatic N) is 1. The van der Waals surface area contributed by atoms with Crippen LogP contribution in [0.5, 0.6) is 5.75 Å². The van der Waals surface area contributed by atoms with Crippen molar-refractivity contribution in [2.24, 2.45) is 0 Å². The summed E-state index contributed by atoms with van der Waals surface area (Å²) in [6, 6.07) is 22.2. The fraction of sp³-hybridized carbons (Fsp3) is 0. The van der Waals surface area contributed by atoms with E-state index in [1.165, 1.54) is 22.9 Å². The maximum atomic E-state index is 14.1. The van der Waals surface area contributed by atoms with Gasteiger partial charge in [0.25, 0.3) is 0 Å². The van der Waals surface area contributed by atoms with Crippen molar-refractivity contribution in [3.05, 3.63) is 90.2 Å². The maximum absolute atomic E-state index is 14.1. The first-order valence-corrected chi connectivity index (χ1v) is 8.01. The van der Waals surface area contributed by atoms with E-state index >= 15 is 0 Å². The summed E-state index contributed by atoms with van der Waals surface area (Å²) in [6.07, 6.45) is 0. The number of carboxylic acid groups (broad SMARTS) is 1. The Morgan fingerprint density at radius 3 is 2.38 bits per heavy atom. The standard InChI is InChI=1S/C21H14FNO3/c22-17-10-4-5-12-20(17)26-23-18-11-6-9-15(21(24)25)16(18)13-19(23)14-7-2-1-3-8-14/h1-13H,(H,24,25). The van der Waals surface area contributed by atoms with Crippen LogP contribution >= 0.6 is 0 Å². The third-order valence-corrected chi connectivity index (χ3v) is 4.13. The third kappa shape index (κ3) is 2.69. The molecule has 0 aliphatic carbocycles. The van der Waals surface area contributed by atoms with Crippen LogP contribution in [0.1, 0.15) is 10.4 Å². The molecule has 1 N–H and O–H groups in total. The lowest BCUT2D eigenvalue weighted by atomic mass is 10.1. The number of para-hydroxylation sites is 1. The van der Waals surface area contributed by atoms with E-state index in [2.05, 4.69) is 0 Å². The quantitative estimate of drug-likeness (QED) is 0.566. The fourth-order valence-corrected chi connectivity index (χ4v) is 2.92. The van der Waals surface area contributed by atoms with Crippen LogP contribution in [0.2, 0.25) is 0 Å². The number of benzene rings is 3. The molecule has 0 amide bonds. The van der Waals surface area contributed by atoms with Crippen molar-refractivity contribution in [3.8, 4) is 17.0 Å². The first kappa shape index (κ1) is 15.9. The molecular weight excluding hydrogens is 333 g/mol. The van der Waals surface area contributed by atoms with Gasteiger partial charge in [0.2, 0.25) is 0 Å². The zero-order chi connectivity index (χ0) is 18.1. The van der Waals surface area contributed by atoms with Crippen LogP contribution in [0.15, 0.2) is 78.9 Å². The van der Waals surface area contributed by atoms with Crippen LogP contribution in [-0.2, 0) is 0 Å². The van der Waals surface area contributed by atoms with Crippen molar-refractivity contribution >= 4 is 16.9 Å². The third-order valence-electron chi connectivity index (χ3n) is 4.13. The van der Waals surface area contributed by atoms with Gasteiger partial charge in [0, 0.05) is 10.9 Å². The second-order valence-electron chi connectivity index (χ2n) is 5.76. The minimum Gasteiger partial charge on any atom is -0.478 e. The average molecular weight is 347 g/mol. The molecule has 5 heteroatoms. The molecule has 4 nitrogen and oxygen atoms in total. The van der Waals surface area contributed by atoms with E-state index in [0.29, 0.717) is 16.6 Å². The Hall–Kier alpha value is -3.60. The van der Waals surface area contributed by atoms with Crippen molar-refractivity contribution < 1.29 is 19.1 Å². The van der Waals surface area contributed by atoms with E-state index in [4.69, 9.17) is 4.84 Å². The molecule has 3 aromatic carbocycles. The molecule has 0 atom stereocenters. The van der Waals surface area contributed by atoms with Gasteiger partial charge in [-0.05, 0) is 30.3 Å². The highest BCUT2D eigenvalue weighted by Gasteiger charge is 2.18. The molecule has 1 heterocycles. The summed E-state index contributed by atoms with van der Waals surface area (Å²) >= 11 is 0. The van der Waals surface area contributed by atoms with Crippen molar-refractivity contribution in [1.29, 1.82) is 0 Å². The van der Waals surface area contributed by atoms with E-state index in [0.717, 1.165) is 5.56 Å². The van der Waals surface area contributed by atoms with Crippen LogP contribution in [0, 0.1) is 5.82 Å². The Morgan fingerprint density at radius 1 is 0.923 bits per heavy atom.